The van der Waals surface area contributed by atoms with Gasteiger partial charge in [-0.25, -0.2) is 9.97 Å². The number of hydrogen-bond acceptors (Lipinski definition) is 4. The highest BCUT2D eigenvalue weighted by atomic mass is 15.1. The number of hydrogen-bond donors (Lipinski definition) is 2. The molecule has 1 fully saturated rings. The van der Waals surface area contributed by atoms with Crippen molar-refractivity contribution in [2.75, 3.05) is 23.7 Å². The molecule has 1 heterocycles. The first-order chi connectivity index (χ1) is 10.1. The summed E-state index contributed by atoms with van der Waals surface area (Å²) < 4.78 is 0. The summed E-state index contributed by atoms with van der Waals surface area (Å²) in [6, 6.07) is 0. The molecule has 0 spiro atoms. The van der Waals surface area contributed by atoms with E-state index in [9.17, 15) is 0 Å². The van der Waals surface area contributed by atoms with Crippen LogP contribution in [0.3, 0.4) is 0 Å². The molecule has 2 N–H and O–H groups in total. The summed E-state index contributed by atoms with van der Waals surface area (Å²) in [6.45, 7) is 10.9. The summed E-state index contributed by atoms with van der Waals surface area (Å²) in [4.78, 5) is 8.93. The number of aromatic nitrogens is 2. The van der Waals surface area contributed by atoms with E-state index < -0.39 is 0 Å². The van der Waals surface area contributed by atoms with Gasteiger partial charge in [0, 0.05) is 18.7 Å². The molecule has 0 aromatic carbocycles. The van der Waals surface area contributed by atoms with Crippen molar-refractivity contribution in [2.24, 2.45) is 5.41 Å². The van der Waals surface area contributed by atoms with Gasteiger partial charge >= 0.3 is 0 Å². The highest BCUT2D eigenvalue weighted by Gasteiger charge is 2.41. The summed E-state index contributed by atoms with van der Waals surface area (Å²) >= 11 is 0. The van der Waals surface area contributed by atoms with Gasteiger partial charge in [-0.3, -0.25) is 0 Å². The standard InChI is InChI=1S/C17H30N4/c1-5-7-17(8-9-17)11-19-16-14(13(3)4)15(18-10-6-2)20-12-21-16/h12-13H,5-11H2,1-4H3,(H2,18,19,20,21). The molecule has 21 heavy (non-hydrogen) atoms. The van der Waals surface area contributed by atoms with Crippen molar-refractivity contribution in [3.05, 3.63) is 11.9 Å². The normalized spacial score (nSPS) is 16.0. The molecular formula is C17H30N4. The number of anilines is 2. The molecule has 1 aliphatic rings. The van der Waals surface area contributed by atoms with Crippen molar-refractivity contribution in [1.29, 1.82) is 0 Å². The van der Waals surface area contributed by atoms with Crippen LogP contribution in [0.2, 0.25) is 0 Å². The maximum Gasteiger partial charge on any atom is 0.135 e. The van der Waals surface area contributed by atoms with E-state index in [-0.39, 0.29) is 0 Å². The third-order valence-corrected chi connectivity index (χ3v) is 4.37. The molecule has 0 aliphatic heterocycles. The Kier molecular flexibility index (Phi) is 5.43. The van der Waals surface area contributed by atoms with Gasteiger partial charge in [0.05, 0.1) is 0 Å². The van der Waals surface area contributed by atoms with Crippen molar-refractivity contribution in [2.45, 2.75) is 65.7 Å². The fourth-order valence-corrected chi connectivity index (χ4v) is 2.96. The van der Waals surface area contributed by atoms with E-state index in [0.29, 0.717) is 11.3 Å². The molecule has 0 bridgehead atoms. The van der Waals surface area contributed by atoms with Crippen molar-refractivity contribution in [3.63, 3.8) is 0 Å². The molecule has 1 saturated carbocycles. The van der Waals surface area contributed by atoms with Crippen molar-refractivity contribution in [1.82, 2.24) is 9.97 Å². The minimum atomic E-state index is 0.411. The van der Waals surface area contributed by atoms with E-state index >= 15 is 0 Å². The van der Waals surface area contributed by atoms with Gasteiger partial charge in [-0.05, 0) is 37.0 Å². The van der Waals surface area contributed by atoms with Crippen molar-refractivity contribution < 1.29 is 0 Å². The third-order valence-electron chi connectivity index (χ3n) is 4.37. The largest absolute Gasteiger partial charge is 0.370 e. The molecule has 1 aliphatic carbocycles. The Hall–Kier alpha value is -1.32. The Bertz CT molecular complexity index is 452. The van der Waals surface area contributed by atoms with Gasteiger partial charge in [0.25, 0.3) is 0 Å². The predicted molar refractivity (Wildman–Crippen MR) is 90.0 cm³/mol. The lowest BCUT2D eigenvalue weighted by Crippen LogP contribution is -2.18. The molecule has 0 unspecified atom stereocenters. The van der Waals surface area contributed by atoms with Gasteiger partial charge in [0.1, 0.15) is 18.0 Å². The molecule has 1 aromatic heterocycles. The smallest absolute Gasteiger partial charge is 0.135 e. The SMILES string of the molecule is CCCNc1ncnc(NCC2(CCC)CC2)c1C(C)C. The van der Waals surface area contributed by atoms with E-state index in [1.54, 1.807) is 6.33 Å². The number of nitrogens with one attached hydrogen (secondary N) is 2. The van der Waals surface area contributed by atoms with Crippen LogP contribution in [0.25, 0.3) is 0 Å². The Morgan fingerprint density at radius 2 is 1.76 bits per heavy atom. The molecule has 0 amide bonds. The summed E-state index contributed by atoms with van der Waals surface area (Å²) in [6.07, 6.45) is 8.08. The van der Waals surface area contributed by atoms with Crippen LogP contribution in [0.15, 0.2) is 6.33 Å². The van der Waals surface area contributed by atoms with Crippen molar-refractivity contribution >= 4 is 11.6 Å². The lowest BCUT2D eigenvalue weighted by molar-refractivity contribution is 0.484. The topological polar surface area (TPSA) is 49.8 Å². The van der Waals surface area contributed by atoms with Crippen molar-refractivity contribution in [3.8, 4) is 0 Å². The first-order valence-corrected chi connectivity index (χ1v) is 8.44. The average Bonchev–Trinajstić information content (AvgIpc) is 3.23. The molecule has 4 heteroatoms. The zero-order valence-corrected chi connectivity index (χ0v) is 14.0. The first-order valence-electron chi connectivity index (χ1n) is 8.44. The van der Waals surface area contributed by atoms with Crippen LogP contribution in [0, 0.1) is 5.41 Å². The number of nitrogens with zero attached hydrogens (tertiary/aromatic N) is 2. The van der Waals surface area contributed by atoms with Gasteiger partial charge in [-0.2, -0.15) is 0 Å². The quantitative estimate of drug-likeness (QED) is 0.707. The maximum atomic E-state index is 4.50. The second kappa shape index (κ2) is 7.10. The monoisotopic (exact) mass is 290 g/mol. The summed E-state index contributed by atoms with van der Waals surface area (Å²) in [7, 11) is 0. The zero-order valence-electron chi connectivity index (χ0n) is 14.0. The van der Waals surface area contributed by atoms with Gasteiger partial charge in [-0.15, -0.1) is 0 Å². The minimum absolute atomic E-state index is 0.411. The molecule has 2 rings (SSSR count). The molecule has 4 nitrogen and oxygen atoms in total. The summed E-state index contributed by atoms with van der Waals surface area (Å²) in [5.74, 6) is 2.42. The van der Waals surface area contributed by atoms with Gasteiger partial charge in [0.2, 0.25) is 0 Å². The maximum absolute atomic E-state index is 4.50. The predicted octanol–water partition coefficient (Wildman–Crippen LogP) is 4.41. The fourth-order valence-electron chi connectivity index (χ4n) is 2.96. The highest BCUT2D eigenvalue weighted by molar-refractivity contribution is 5.59. The zero-order chi connectivity index (χ0) is 15.3. The van der Waals surface area contributed by atoms with Crippen LogP contribution in [0.4, 0.5) is 11.6 Å². The third kappa shape index (κ3) is 4.08. The van der Waals surface area contributed by atoms with E-state index in [1.807, 2.05) is 0 Å². The summed E-state index contributed by atoms with van der Waals surface area (Å²) in [5, 5.41) is 7.04. The van der Waals surface area contributed by atoms with Crippen LogP contribution in [-0.4, -0.2) is 23.1 Å². The molecule has 1 aromatic rings. The lowest BCUT2D eigenvalue weighted by Gasteiger charge is -2.20. The van der Waals surface area contributed by atoms with Gasteiger partial charge in [-0.1, -0.05) is 34.1 Å². The molecule has 118 valence electrons. The van der Waals surface area contributed by atoms with Crippen LogP contribution >= 0.6 is 0 Å². The molecular weight excluding hydrogens is 260 g/mol. The van der Waals surface area contributed by atoms with Gasteiger partial charge < -0.3 is 10.6 Å². The summed E-state index contributed by atoms with van der Waals surface area (Å²) in [5.41, 5.74) is 1.75. The Morgan fingerprint density at radius 1 is 1.10 bits per heavy atom. The van der Waals surface area contributed by atoms with E-state index in [0.717, 1.165) is 31.1 Å². The first kappa shape index (κ1) is 16.1. The van der Waals surface area contributed by atoms with Crippen LogP contribution in [0.5, 0.6) is 0 Å². The lowest BCUT2D eigenvalue weighted by atomic mass is 10.00. The molecule has 0 radical (unpaired) electrons. The second-order valence-corrected chi connectivity index (χ2v) is 6.67. The fraction of sp³-hybridized carbons (Fsp3) is 0.765. The van der Waals surface area contributed by atoms with Crippen LogP contribution < -0.4 is 10.6 Å². The minimum Gasteiger partial charge on any atom is -0.370 e. The highest BCUT2D eigenvalue weighted by Crippen LogP contribution is 2.49. The van der Waals surface area contributed by atoms with E-state index in [2.05, 4.69) is 48.3 Å². The van der Waals surface area contributed by atoms with Gasteiger partial charge in [0.15, 0.2) is 0 Å². The number of rotatable bonds is 9. The second-order valence-electron chi connectivity index (χ2n) is 6.67. The molecule has 0 saturated heterocycles. The Balaban J connectivity index is 2.10. The Labute approximate surface area is 129 Å². The Morgan fingerprint density at radius 3 is 2.29 bits per heavy atom. The van der Waals surface area contributed by atoms with E-state index in [1.165, 1.54) is 31.2 Å². The molecule has 0 atom stereocenters. The van der Waals surface area contributed by atoms with Crippen LogP contribution in [-0.2, 0) is 0 Å². The van der Waals surface area contributed by atoms with E-state index in [4.69, 9.17) is 0 Å². The van der Waals surface area contributed by atoms with Crippen LogP contribution in [0.1, 0.15) is 71.3 Å². The average molecular weight is 290 g/mol.